The van der Waals surface area contributed by atoms with E-state index in [0.29, 0.717) is 5.75 Å². The lowest BCUT2D eigenvalue weighted by atomic mass is 9.77. The van der Waals surface area contributed by atoms with Gasteiger partial charge in [0, 0.05) is 32.7 Å². The van der Waals surface area contributed by atoms with E-state index < -0.39 is 0 Å². The normalized spacial score (nSPS) is 12.8. The second-order valence-electron chi connectivity index (χ2n) is 10.1. The first-order valence-electron chi connectivity index (χ1n) is 10.1. The molecular weight excluding hydrogens is 441 g/mol. The van der Waals surface area contributed by atoms with Gasteiger partial charge in [0.25, 0.3) is 0 Å². The maximum atomic E-state index is 14.1. The van der Waals surface area contributed by atoms with Crippen molar-refractivity contribution in [2.45, 2.75) is 52.4 Å². The molecule has 30 heavy (non-hydrogen) atoms. The molecule has 2 aromatic carbocycles. The highest BCUT2D eigenvalue weighted by Crippen LogP contribution is 2.45. The molecule has 1 N–H and O–H groups in total. The Hall–Kier alpha value is -2.33. The van der Waals surface area contributed by atoms with Gasteiger partial charge in [0.2, 0.25) is 0 Å². The molecule has 2 nitrogen and oxygen atoms in total. The van der Waals surface area contributed by atoms with Crippen LogP contribution in [0, 0.1) is 5.82 Å². The van der Waals surface area contributed by atoms with Gasteiger partial charge < -0.3 is 9.51 Å². The van der Waals surface area contributed by atoms with Crippen LogP contribution in [0.2, 0.25) is 0 Å². The molecule has 0 bridgehead atoms. The lowest BCUT2D eigenvalue weighted by molar-refractivity contribution is 0.423. The van der Waals surface area contributed by atoms with E-state index in [1.54, 1.807) is 6.07 Å². The topological polar surface area (TPSA) is 24.6 Å². The average Bonchev–Trinajstić information content (AvgIpc) is 2.92. The summed E-state index contributed by atoms with van der Waals surface area (Å²) in [6.07, 6.45) is 1.96. The van der Waals surface area contributed by atoms with Crippen LogP contribution < -0.4 is 0 Å². The number of phenols is 1. The van der Waals surface area contributed by atoms with Gasteiger partial charge in [-0.2, -0.15) is 0 Å². The summed E-state index contributed by atoms with van der Waals surface area (Å²) in [6.45, 7) is 12.7. The van der Waals surface area contributed by atoms with Crippen molar-refractivity contribution in [3.8, 4) is 16.9 Å². The molecule has 0 aliphatic carbocycles. The standard InChI is InChI=1S/C26H27BrFNO/c1-25(2,3)19-11-15(12-20(24(19)30)26(4,5)6)23-18-8-7-17(28)14-21(18)29-10-9-16(27)13-22(23)29/h7-14,30H,1-6H3. The lowest BCUT2D eigenvalue weighted by Crippen LogP contribution is -2.17. The molecule has 0 aliphatic rings. The van der Waals surface area contributed by atoms with Gasteiger partial charge >= 0.3 is 0 Å². The van der Waals surface area contributed by atoms with Crippen molar-refractivity contribution in [2.24, 2.45) is 0 Å². The van der Waals surface area contributed by atoms with E-state index in [0.717, 1.165) is 43.1 Å². The first kappa shape index (κ1) is 20.9. The number of hydrogen-bond donors (Lipinski definition) is 1. The second-order valence-corrected chi connectivity index (χ2v) is 11.0. The molecule has 0 saturated carbocycles. The SMILES string of the molecule is CC(C)(C)c1cc(-c2c3ccc(F)cc3n3ccc(Br)cc23)cc(C(C)(C)C)c1O. The third kappa shape index (κ3) is 3.41. The van der Waals surface area contributed by atoms with Gasteiger partial charge in [-0.25, -0.2) is 4.39 Å². The Balaban J connectivity index is 2.18. The van der Waals surface area contributed by atoms with Crippen LogP contribution in [0.1, 0.15) is 52.7 Å². The molecule has 0 saturated heterocycles. The maximum Gasteiger partial charge on any atom is 0.125 e. The minimum atomic E-state index is -0.257. The van der Waals surface area contributed by atoms with Crippen molar-refractivity contribution in [1.29, 1.82) is 0 Å². The first-order valence-corrected chi connectivity index (χ1v) is 10.9. The van der Waals surface area contributed by atoms with Crippen LogP contribution in [0.25, 0.3) is 27.5 Å². The quantitative estimate of drug-likeness (QED) is 0.301. The molecule has 4 aromatic rings. The van der Waals surface area contributed by atoms with E-state index in [-0.39, 0.29) is 16.6 Å². The number of halogens is 2. The Labute approximate surface area is 185 Å². The number of pyridine rings is 1. The van der Waals surface area contributed by atoms with Gasteiger partial charge in [-0.1, -0.05) is 57.5 Å². The molecular formula is C26H27BrFNO. The highest BCUT2D eigenvalue weighted by molar-refractivity contribution is 9.10. The molecule has 4 rings (SSSR count). The van der Waals surface area contributed by atoms with Gasteiger partial charge in [0.1, 0.15) is 11.6 Å². The van der Waals surface area contributed by atoms with E-state index in [9.17, 15) is 9.50 Å². The molecule has 0 amide bonds. The van der Waals surface area contributed by atoms with E-state index in [1.165, 1.54) is 6.07 Å². The Kier molecular flexibility index (Phi) is 4.77. The number of nitrogens with zero attached hydrogens (tertiary/aromatic N) is 1. The predicted octanol–water partition coefficient (Wildman–Crippen LogP) is 7.96. The average molecular weight is 468 g/mol. The smallest absolute Gasteiger partial charge is 0.125 e. The molecule has 156 valence electrons. The van der Waals surface area contributed by atoms with Crippen molar-refractivity contribution in [2.75, 3.05) is 0 Å². The maximum absolute atomic E-state index is 14.1. The fourth-order valence-corrected chi connectivity index (χ4v) is 4.49. The van der Waals surface area contributed by atoms with E-state index in [2.05, 4.69) is 75.7 Å². The summed E-state index contributed by atoms with van der Waals surface area (Å²) in [7, 11) is 0. The summed E-state index contributed by atoms with van der Waals surface area (Å²) in [5, 5.41) is 12.1. The number of phenolic OH excluding ortho intramolecular Hbond substituents is 1. The third-order valence-electron chi connectivity index (χ3n) is 5.68. The number of rotatable bonds is 1. The van der Waals surface area contributed by atoms with Crippen molar-refractivity contribution >= 4 is 32.3 Å². The molecule has 0 aliphatic heterocycles. The predicted molar refractivity (Wildman–Crippen MR) is 127 cm³/mol. The Bertz CT molecular complexity index is 1250. The third-order valence-corrected chi connectivity index (χ3v) is 6.17. The largest absolute Gasteiger partial charge is 0.507 e. The van der Waals surface area contributed by atoms with Crippen LogP contribution in [-0.2, 0) is 10.8 Å². The van der Waals surface area contributed by atoms with Gasteiger partial charge in [0.05, 0.1) is 11.0 Å². The highest BCUT2D eigenvalue weighted by atomic mass is 79.9. The second kappa shape index (κ2) is 6.84. The van der Waals surface area contributed by atoms with Crippen molar-refractivity contribution < 1.29 is 9.50 Å². The number of hydrogen-bond acceptors (Lipinski definition) is 1. The molecule has 0 fully saturated rings. The van der Waals surface area contributed by atoms with Crippen LogP contribution in [0.5, 0.6) is 5.75 Å². The van der Waals surface area contributed by atoms with Crippen molar-refractivity contribution in [3.63, 3.8) is 0 Å². The van der Waals surface area contributed by atoms with Gasteiger partial charge in [0.15, 0.2) is 0 Å². The molecule has 0 atom stereocenters. The Morgan fingerprint density at radius 1 is 0.833 bits per heavy atom. The monoisotopic (exact) mass is 467 g/mol. The molecule has 2 heterocycles. The molecule has 0 unspecified atom stereocenters. The zero-order valence-electron chi connectivity index (χ0n) is 18.3. The summed E-state index contributed by atoms with van der Waals surface area (Å²) in [5.74, 6) is 0.103. The molecule has 0 spiro atoms. The van der Waals surface area contributed by atoms with E-state index >= 15 is 0 Å². The summed E-state index contributed by atoms with van der Waals surface area (Å²) in [4.78, 5) is 0. The fourth-order valence-electron chi connectivity index (χ4n) is 4.16. The van der Waals surface area contributed by atoms with Crippen LogP contribution in [0.15, 0.2) is 53.1 Å². The first-order chi connectivity index (χ1) is 13.9. The van der Waals surface area contributed by atoms with Gasteiger partial charge in [-0.05, 0) is 58.9 Å². The van der Waals surface area contributed by atoms with Gasteiger partial charge in [-0.15, -0.1) is 0 Å². The van der Waals surface area contributed by atoms with Crippen LogP contribution in [0.4, 0.5) is 4.39 Å². The highest BCUT2D eigenvalue weighted by Gasteiger charge is 2.28. The van der Waals surface area contributed by atoms with Crippen molar-refractivity contribution in [3.05, 3.63) is 70.1 Å². The number of fused-ring (bicyclic) bond motifs is 3. The van der Waals surface area contributed by atoms with Crippen molar-refractivity contribution in [1.82, 2.24) is 4.40 Å². The molecule has 0 radical (unpaired) electrons. The van der Waals surface area contributed by atoms with E-state index in [4.69, 9.17) is 0 Å². The minimum absolute atomic E-state index is 0.224. The zero-order valence-corrected chi connectivity index (χ0v) is 19.9. The number of aromatic hydroxyl groups is 1. The molecule has 4 heteroatoms. The summed E-state index contributed by atoms with van der Waals surface area (Å²) >= 11 is 3.59. The van der Waals surface area contributed by atoms with Crippen LogP contribution in [0.3, 0.4) is 0 Å². The lowest BCUT2D eigenvalue weighted by Gasteiger charge is -2.28. The Morgan fingerprint density at radius 3 is 2.00 bits per heavy atom. The van der Waals surface area contributed by atoms with Crippen LogP contribution >= 0.6 is 15.9 Å². The minimum Gasteiger partial charge on any atom is -0.507 e. The molecule has 2 aromatic heterocycles. The van der Waals surface area contributed by atoms with Gasteiger partial charge in [-0.3, -0.25) is 0 Å². The van der Waals surface area contributed by atoms with E-state index in [1.807, 2.05) is 22.7 Å². The summed E-state index contributed by atoms with van der Waals surface area (Å²) < 4.78 is 17.1. The summed E-state index contributed by atoms with van der Waals surface area (Å²) in [6, 6.07) is 13.1. The number of aromatic nitrogens is 1. The van der Waals surface area contributed by atoms with Crippen LogP contribution in [-0.4, -0.2) is 9.51 Å². The number of benzene rings is 2. The zero-order chi connectivity index (χ0) is 22.0. The fraction of sp³-hybridized carbons (Fsp3) is 0.308. The Morgan fingerprint density at radius 2 is 1.43 bits per heavy atom. The summed E-state index contributed by atoms with van der Waals surface area (Å²) in [5.41, 5.74) is 5.27.